The van der Waals surface area contributed by atoms with Crippen LogP contribution in [0.2, 0.25) is 5.15 Å². The number of pyridine rings is 1. The van der Waals surface area contributed by atoms with Crippen molar-refractivity contribution in [2.45, 2.75) is 6.43 Å². The molecule has 1 aromatic rings. The Morgan fingerprint density at radius 1 is 1.57 bits per heavy atom. The predicted octanol–water partition coefficient (Wildman–Crippen LogP) is 2.72. The lowest BCUT2D eigenvalue weighted by atomic mass is 10.2. The summed E-state index contributed by atoms with van der Waals surface area (Å²) in [5.41, 5.74) is -1.98. The Balaban J connectivity index is 3.34. The first-order valence-electron chi connectivity index (χ1n) is 3.22. The molecule has 1 heterocycles. The molecule has 0 atom stereocenters. The molecule has 0 aliphatic heterocycles. The van der Waals surface area contributed by atoms with Gasteiger partial charge in [0.05, 0.1) is 10.5 Å². The normalized spacial score (nSPS) is 10.6. The fraction of sp³-hybridized carbons (Fsp3) is 0.167. The summed E-state index contributed by atoms with van der Waals surface area (Å²) in [5, 5.41) is 9.47. The molecule has 0 saturated carbocycles. The van der Waals surface area contributed by atoms with Gasteiger partial charge < -0.3 is 0 Å². The fourth-order valence-corrected chi connectivity index (χ4v) is 0.953. The third-order valence-corrected chi connectivity index (χ3v) is 1.65. The van der Waals surface area contributed by atoms with Crippen LogP contribution in [0.15, 0.2) is 6.07 Å². The molecule has 0 fully saturated rings. The van der Waals surface area contributed by atoms with Gasteiger partial charge in [-0.3, -0.25) is 10.1 Å². The first-order valence-corrected chi connectivity index (χ1v) is 3.59. The standard InChI is InChI=1S/C6H2ClF3N2O2/c7-4-3(12(13)14)1-2(5(8)9)6(10)11-4/h1,5H. The molecule has 14 heavy (non-hydrogen) atoms. The third-order valence-electron chi connectivity index (χ3n) is 1.37. The van der Waals surface area contributed by atoms with Gasteiger partial charge in [0.15, 0.2) is 0 Å². The highest BCUT2D eigenvalue weighted by Crippen LogP contribution is 2.29. The summed E-state index contributed by atoms with van der Waals surface area (Å²) in [6.07, 6.45) is -3.17. The number of nitrogens with zero attached hydrogens (tertiary/aromatic N) is 2. The second-order valence-electron chi connectivity index (χ2n) is 2.24. The van der Waals surface area contributed by atoms with Gasteiger partial charge in [-0.05, 0) is 0 Å². The molecule has 0 unspecified atom stereocenters. The van der Waals surface area contributed by atoms with Crippen molar-refractivity contribution in [2.24, 2.45) is 0 Å². The van der Waals surface area contributed by atoms with E-state index in [2.05, 4.69) is 4.98 Å². The van der Waals surface area contributed by atoms with Crippen LogP contribution >= 0.6 is 11.6 Å². The molecular formula is C6H2ClF3N2O2. The Morgan fingerprint density at radius 2 is 2.14 bits per heavy atom. The van der Waals surface area contributed by atoms with Crippen molar-refractivity contribution in [1.29, 1.82) is 0 Å². The lowest BCUT2D eigenvalue weighted by molar-refractivity contribution is -0.385. The topological polar surface area (TPSA) is 56.0 Å². The first-order chi connectivity index (χ1) is 6.43. The summed E-state index contributed by atoms with van der Waals surface area (Å²) in [6, 6.07) is 0.370. The average Bonchev–Trinajstić information content (AvgIpc) is 2.02. The van der Waals surface area contributed by atoms with E-state index in [-0.39, 0.29) is 0 Å². The number of hydrogen-bond donors (Lipinski definition) is 0. The van der Waals surface area contributed by atoms with Crippen molar-refractivity contribution in [3.05, 3.63) is 32.8 Å². The summed E-state index contributed by atoms with van der Waals surface area (Å²) in [6.45, 7) is 0. The number of rotatable bonds is 2. The van der Waals surface area contributed by atoms with Gasteiger partial charge in [-0.1, -0.05) is 11.6 Å². The molecule has 1 aromatic heterocycles. The number of hydrogen-bond acceptors (Lipinski definition) is 3. The highest BCUT2D eigenvalue weighted by Gasteiger charge is 2.23. The van der Waals surface area contributed by atoms with Gasteiger partial charge in [0.2, 0.25) is 11.1 Å². The predicted molar refractivity (Wildman–Crippen MR) is 40.8 cm³/mol. The molecule has 8 heteroatoms. The zero-order valence-corrected chi connectivity index (χ0v) is 7.13. The minimum Gasteiger partial charge on any atom is -0.258 e. The minimum absolute atomic E-state index is 0.370. The fourth-order valence-electron chi connectivity index (χ4n) is 0.755. The van der Waals surface area contributed by atoms with E-state index in [0.29, 0.717) is 6.07 Å². The smallest absolute Gasteiger partial charge is 0.258 e. The minimum atomic E-state index is -3.17. The maximum atomic E-state index is 12.6. The largest absolute Gasteiger partial charge is 0.307 e. The molecule has 0 aliphatic carbocycles. The van der Waals surface area contributed by atoms with E-state index in [4.69, 9.17) is 11.6 Å². The highest BCUT2D eigenvalue weighted by molar-refractivity contribution is 6.31. The molecule has 76 valence electrons. The van der Waals surface area contributed by atoms with Crippen molar-refractivity contribution in [2.75, 3.05) is 0 Å². The lowest BCUT2D eigenvalue weighted by Gasteiger charge is -2.01. The molecule has 0 aliphatic rings. The lowest BCUT2D eigenvalue weighted by Crippen LogP contribution is -1.99. The van der Waals surface area contributed by atoms with Crippen LogP contribution in [0.3, 0.4) is 0 Å². The molecule has 0 aromatic carbocycles. The molecule has 4 nitrogen and oxygen atoms in total. The number of nitro groups is 1. The Bertz CT molecular complexity index is 386. The average molecular weight is 227 g/mol. The summed E-state index contributed by atoms with van der Waals surface area (Å²) in [7, 11) is 0. The maximum Gasteiger partial charge on any atom is 0.307 e. The molecule has 0 spiro atoms. The zero-order chi connectivity index (χ0) is 10.9. The maximum absolute atomic E-state index is 12.6. The quantitative estimate of drug-likeness (QED) is 0.443. The molecule has 0 N–H and O–H groups in total. The van der Waals surface area contributed by atoms with Gasteiger partial charge in [-0.2, -0.15) is 4.39 Å². The van der Waals surface area contributed by atoms with E-state index in [1.54, 1.807) is 0 Å². The van der Waals surface area contributed by atoms with Gasteiger partial charge in [-0.25, -0.2) is 13.8 Å². The Morgan fingerprint density at radius 3 is 2.57 bits per heavy atom. The molecular weight excluding hydrogens is 225 g/mol. The van der Waals surface area contributed by atoms with Crippen LogP contribution in [0.5, 0.6) is 0 Å². The summed E-state index contributed by atoms with van der Waals surface area (Å²) in [4.78, 5) is 12.0. The number of halogens is 4. The van der Waals surface area contributed by atoms with Gasteiger partial charge in [0, 0.05) is 6.07 Å². The molecule has 0 amide bonds. The number of alkyl halides is 2. The Kier molecular flexibility index (Phi) is 2.90. The van der Waals surface area contributed by atoms with Crippen LogP contribution in [0.4, 0.5) is 18.9 Å². The first kappa shape index (κ1) is 10.7. The van der Waals surface area contributed by atoms with Crippen molar-refractivity contribution in [1.82, 2.24) is 4.98 Å². The highest BCUT2D eigenvalue weighted by atomic mass is 35.5. The van der Waals surface area contributed by atoms with Crippen LogP contribution in [0.25, 0.3) is 0 Å². The van der Waals surface area contributed by atoms with Crippen LogP contribution in [0, 0.1) is 16.1 Å². The molecule has 0 saturated heterocycles. The van der Waals surface area contributed by atoms with Crippen LogP contribution in [0.1, 0.15) is 12.0 Å². The second kappa shape index (κ2) is 3.79. The second-order valence-corrected chi connectivity index (χ2v) is 2.59. The summed E-state index contributed by atoms with van der Waals surface area (Å²) in [5.74, 6) is -1.50. The molecule has 0 bridgehead atoms. The van der Waals surface area contributed by atoms with E-state index in [0.717, 1.165) is 0 Å². The summed E-state index contributed by atoms with van der Waals surface area (Å²) < 4.78 is 36.8. The Hall–Kier alpha value is -1.37. The van der Waals surface area contributed by atoms with Gasteiger partial charge in [0.1, 0.15) is 0 Å². The van der Waals surface area contributed by atoms with E-state index in [1.165, 1.54) is 0 Å². The van der Waals surface area contributed by atoms with Crippen LogP contribution in [-0.4, -0.2) is 9.91 Å². The third kappa shape index (κ3) is 1.92. The molecule has 1 rings (SSSR count). The van der Waals surface area contributed by atoms with E-state index in [9.17, 15) is 23.3 Å². The SMILES string of the molecule is O=[N+]([O-])c1cc(C(F)F)c(F)nc1Cl. The summed E-state index contributed by atoms with van der Waals surface area (Å²) >= 11 is 5.16. The van der Waals surface area contributed by atoms with Gasteiger partial charge in [0.25, 0.3) is 6.43 Å². The van der Waals surface area contributed by atoms with Crippen molar-refractivity contribution in [3.63, 3.8) is 0 Å². The van der Waals surface area contributed by atoms with E-state index < -0.39 is 33.7 Å². The van der Waals surface area contributed by atoms with E-state index in [1.807, 2.05) is 0 Å². The van der Waals surface area contributed by atoms with Crippen LogP contribution < -0.4 is 0 Å². The van der Waals surface area contributed by atoms with Crippen LogP contribution in [-0.2, 0) is 0 Å². The van der Waals surface area contributed by atoms with Gasteiger partial charge in [-0.15, -0.1) is 0 Å². The zero-order valence-electron chi connectivity index (χ0n) is 6.38. The van der Waals surface area contributed by atoms with Crippen molar-refractivity contribution >= 4 is 17.3 Å². The Labute approximate surface area is 80.5 Å². The number of aromatic nitrogens is 1. The molecule has 0 radical (unpaired) electrons. The van der Waals surface area contributed by atoms with Gasteiger partial charge >= 0.3 is 5.69 Å². The monoisotopic (exact) mass is 226 g/mol. The van der Waals surface area contributed by atoms with E-state index >= 15 is 0 Å². The van der Waals surface area contributed by atoms with Crippen molar-refractivity contribution in [3.8, 4) is 0 Å². The van der Waals surface area contributed by atoms with Crippen molar-refractivity contribution < 1.29 is 18.1 Å².